The third-order valence-electron chi connectivity index (χ3n) is 6.53. The van der Waals surface area contributed by atoms with Crippen LogP contribution in [0.4, 0.5) is 0 Å². The Morgan fingerprint density at radius 1 is 1.14 bits per heavy atom. The van der Waals surface area contributed by atoms with E-state index in [-0.39, 0.29) is 11.9 Å². The van der Waals surface area contributed by atoms with Crippen molar-refractivity contribution in [1.29, 1.82) is 0 Å². The predicted molar refractivity (Wildman–Crippen MR) is 117 cm³/mol. The van der Waals surface area contributed by atoms with Crippen molar-refractivity contribution in [3.63, 3.8) is 0 Å². The summed E-state index contributed by atoms with van der Waals surface area (Å²) < 4.78 is 2.15. The van der Waals surface area contributed by atoms with E-state index in [1.807, 2.05) is 43.5 Å². The van der Waals surface area contributed by atoms with Crippen LogP contribution < -0.4 is 0 Å². The lowest BCUT2D eigenvalue weighted by atomic mass is 9.88. The van der Waals surface area contributed by atoms with E-state index in [1.165, 1.54) is 11.1 Å². The van der Waals surface area contributed by atoms with Gasteiger partial charge in [0.25, 0.3) is 5.91 Å². The number of hydrogen-bond donors (Lipinski definition) is 0. The van der Waals surface area contributed by atoms with Gasteiger partial charge in [0.05, 0.1) is 12.1 Å². The highest BCUT2D eigenvalue weighted by atomic mass is 35.5. The number of amides is 1. The summed E-state index contributed by atoms with van der Waals surface area (Å²) in [6.45, 7) is 4.97. The number of benzene rings is 1. The summed E-state index contributed by atoms with van der Waals surface area (Å²) in [4.78, 5) is 20.4. The van der Waals surface area contributed by atoms with Gasteiger partial charge in [0.15, 0.2) is 0 Å². The molecule has 1 atom stereocenters. The van der Waals surface area contributed by atoms with Gasteiger partial charge in [-0.2, -0.15) is 0 Å². The Morgan fingerprint density at radius 3 is 2.62 bits per heavy atom. The van der Waals surface area contributed by atoms with Crippen LogP contribution in [0.1, 0.15) is 53.8 Å². The second-order valence-electron chi connectivity index (χ2n) is 8.54. The molecule has 1 amide bonds. The van der Waals surface area contributed by atoms with Gasteiger partial charge in [0.2, 0.25) is 0 Å². The average Bonchev–Trinajstić information content (AvgIpc) is 3.34. The van der Waals surface area contributed by atoms with Gasteiger partial charge in [-0.15, -0.1) is 0 Å². The third kappa shape index (κ3) is 3.33. The molecule has 1 saturated carbocycles. The van der Waals surface area contributed by atoms with Crippen LogP contribution in [0.2, 0.25) is 5.02 Å². The molecule has 2 aliphatic carbocycles. The molecule has 4 nitrogen and oxygen atoms in total. The number of rotatable bonds is 4. The highest BCUT2D eigenvalue weighted by Gasteiger charge is 2.40. The molecule has 0 saturated heterocycles. The van der Waals surface area contributed by atoms with E-state index in [9.17, 15) is 4.79 Å². The van der Waals surface area contributed by atoms with E-state index in [1.54, 1.807) is 0 Å². The molecule has 0 N–H and O–H groups in total. The lowest BCUT2D eigenvalue weighted by Gasteiger charge is -2.35. The van der Waals surface area contributed by atoms with Crippen molar-refractivity contribution in [2.45, 2.75) is 58.0 Å². The molecule has 5 heteroatoms. The number of carbonyl (C=O) groups excluding carboxylic acids is 1. The van der Waals surface area contributed by atoms with Crippen LogP contribution in [0.5, 0.6) is 0 Å². The molecule has 1 aromatic heterocycles. The Labute approximate surface area is 176 Å². The Balaban J connectivity index is 1.47. The van der Waals surface area contributed by atoms with E-state index in [0.29, 0.717) is 11.1 Å². The van der Waals surface area contributed by atoms with Crippen LogP contribution in [0.25, 0.3) is 5.69 Å². The second-order valence-corrected chi connectivity index (χ2v) is 8.97. The van der Waals surface area contributed by atoms with Gasteiger partial charge >= 0.3 is 0 Å². The van der Waals surface area contributed by atoms with Gasteiger partial charge < -0.3 is 9.47 Å². The number of aromatic nitrogens is 1. The first-order chi connectivity index (χ1) is 14.0. The van der Waals surface area contributed by atoms with E-state index >= 15 is 0 Å². The first-order valence-electron chi connectivity index (χ1n) is 10.5. The van der Waals surface area contributed by atoms with Gasteiger partial charge in [0, 0.05) is 40.4 Å². The molecule has 2 heterocycles. The van der Waals surface area contributed by atoms with Gasteiger partial charge in [-0.3, -0.25) is 9.79 Å². The smallest absolute Gasteiger partial charge is 0.256 e. The quantitative estimate of drug-likeness (QED) is 0.678. The third-order valence-corrected chi connectivity index (χ3v) is 6.78. The minimum absolute atomic E-state index is 0.185. The average molecular weight is 408 g/mol. The zero-order valence-corrected chi connectivity index (χ0v) is 17.7. The lowest BCUT2D eigenvalue weighted by molar-refractivity contribution is 0.0644. The molecule has 29 heavy (non-hydrogen) atoms. The van der Waals surface area contributed by atoms with Gasteiger partial charge in [-0.1, -0.05) is 11.6 Å². The molecule has 1 aromatic carbocycles. The van der Waals surface area contributed by atoms with Gasteiger partial charge in [-0.25, -0.2) is 0 Å². The highest BCUT2D eigenvalue weighted by Crippen LogP contribution is 2.38. The number of carbonyl (C=O) groups is 1. The van der Waals surface area contributed by atoms with Gasteiger partial charge in [-0.05, 0) is 87.4 Å². The SMILES string of the molecule is Cc1cc(C(=O)N(C2CC2)C2CCC3=C(C=NC3)C2)c(C)n1-c1ccc(Cl)cc1. The van der Waals surface area contributed by atoms with Crippen molar-refractivity contribution >= 4 is 23.7 Å². The molecule has 0 bridgehead atoms. The van der Waals surface area contributed by atoms with E-state index in [0.717, 1.165) is 61.3 Å². The van der Waals surface area contributed by atoms with Crippen LogP contribution in [0.3, 0.4) is 0 Å². The molecule has 1 aliphatic heterocycles. The van der Waals surface area contributed by atoms with Crippen LogP contribution >= 0.6 is 11.6 Å². The van der Waals surface area contributed by atoms with Crippen LogP contribution in [-0.4, -0.2) is 40.2 Å². The number of halogens is 1. The zero-order valence-electron chi connectivity index (χ0n) is 17.0. The summed E-state index contributed by atoms with van der Waals surface area (Å²) in [5, 5.41) is 0.717. The van der Waals surface area contributed by atoms with E-state index in [2.05, 4.69) is 21.4 Å². The molecular formula is C24H26ClN3O. The Bertz CT molecular complexity index is 1030. The number of aliphatic imine (C=N–C) groups is 1. The first kappa shape index (κ1) is 18.7. The minimum atomic E-state index is 0.185. The largest absolute Gasteiger partial charge is 0.332 e. The van der Waals surface area contributed by atoms with E-state index in [4.69, 9.17) is 11.6 Å². The summed E-state index contributed by atoms with van der Waals surface area (Å²) in [6, 6.07) is 10.5. The summed E-state index contributed by atoms with van der Waals surface area (Å²) in [5.74, 6) is 0.185. The number of hydrogen-bond acceptors (Lipinski definition) is 2. The summed E-state index contributed by atoms with van der Waals surface area (Å²) in [5.41, 5.74) is 6.77. The van der Waals surface area contributed by atoms with Crippen molar-refractivity contribution in [1.82, 2.24) is 9.47 Å². The highest BCUT2D eigenvalue weighted by molar-refractivity contribution is 6.30. The molecule has 3 aliphatic rings. The van der Waals surface area contributed by atoms with Crippen molar-refractivity contribution in [2.24, 2.45) is 4.99 Å². The van der Waals surface area contributed by atoms with Crippen molar-refractivity contribution in [3.8, 4) is 5.69 Å². The maximum absolute atomic E-state index is 13.7. The lowest BCUT2D eigenvalue weighted by Crippen LogP contribution is -2.43. The standard InChI is InChI=1S/C24H26ClN3O/c1-15-11-23(16(2)27(15)20-7-4-19(25)5-8-20)24(29)28(21-9-10-21)22-6-3-17-13-26-14-18(17)12-22/h4-5,7-8,11,14,21-22H,3,6,9-10,12-13H2,1-2H3. The molecule has 1 fully saturated rings. The molecule has 2 aromatic rings. The van der Waals surface area contributed by atoms with Crippen LogP contribution in [0, 0.1) is 13.8 Å². The molecule has 0 radical (unpaired) electrons. The topological polar surface area (TPSA) is 37.6 Å². The maximum Gasteiger partial charge on any atom is 0.256 e. The fourth-order valence-electron chi connectivity index (χ4n) is 4.92. The molecule has 0 spiro atoms. The normalized spacial score (nSPS) is 20.9. The van der Waals surface area contributed by atoms with Crippen molar-refractivity contribution in [3.05, 3.63) is 63.5 Å². The number of aryl methyl sites for hydroxylation is 1. The minimum Gasteiger partial charge on any atom is -0.332 e. The monoisotopic (exact) mass is 407 g/mol. The fourth-order valence-corrected chi connectivity index (χ4v) is 5.04. The Morgan fingerprint density at radius 2 is 1.90 bits per heavy atom. The second kappa shape index (κ2) is 7.17. The Kier molecular flexibility index (Phi) is 4.62. The first-order valence-corrected chi connectivity index (χ1v) is 10.9. The summed E-state index contributed by atoms with van der Waals surface area (Å²) in [6.07, 6.45) is 7.36. The maximum atomic E-state index is 13.7. The Hall–Kier alpha value is -2.33. The van der Waals surface area contributed by atoms with Crippen molar-refractivity contribution < 1.29 is 4.79 Å². The van der Waals surface area contributed by atoms with Crippen LogP contribution in [-0.2, 0) is 0 Å². The molecule has 1 unspecified atom stereocenters. The predicted octanol–water partition coefficient (Wildman–Crippen LogP) is 5.29. The summed E-state index contributed by atoms with van der Waals surface area (Å²) in [7, 11) is 0. The van der Waals surface area contributed by atoms with Crippen LogP contribution in [0.15, 0.2) is 46.5 Å². The number of nitrogens with zero attached hydrogens (tertiary/aromatic N) is 3. The molecule has 150 valence electrons. The van der Waals surface area contributed by atoms with E-state index < -0.39 is 0 Å². The zero-order chi connectivity index (χ0) is 20.1. The molecular weight excluding hydrogens is 382 g/mol. The summed E-state index contributed by atoms with van der Waals surface area (Å²) >= 11 is 6.06. The van der Waals surface area contributed by atoms with Crippen molar-refractivity contribution in [2.75, 3.05) is 6.54 Å². The molecule has 5 rings (SSSR count). The van der Waals surface area contributed by atoms with Gasteiger partial charge in [0.1, 0.15) is 0 Å². The fraction of sp³-hybridized carbons (Fsp3) is 0.417.